The van der Waals surface area contributed by atoms with Gasteiger partial charge < -0.3 is 10.0 Å². The summed E-state index contributed by atoms with van der Waals surface area (Å²) in [6.45, 7) is 3.59. The van der Waals surface area contributed by atoms with E-state index in [0.717, 1.165) is 5.69 Å². The van der Waals surface area contributed by atoms with Crippen LogP contribution in [0, 0.1) is 5.82 Å². The molecular weight excluding hydrogens is 193 g/mol. The maximum absolute atomic E-state index is 13.8. The molecule has 0 atom stereocenters. The Bertz CT molecular complexity index is 347. The van der Waals surface area contributed by atoms with E-state index in [0.29, 0.717) is 5.56 Å². The third-order valence-corrected chi connectivity index (χ3v) is 2.55. The first-order valence-corrected chi connectivity index (χ1v) is 4.97. The normalized spacial score (nSPS) is 11.6. The predicted octanol–water partition coefficient (Wildman–Crippen LogP) is 2.16. The Morgan fingerprint density at radius 3 is 2.40 bits per heavy atom. The Morgan fingerprint density at radius 1 is 1.33 bits per heavy atom. The van der Waals surface area contributed by atoms with Crippen LogP contribution in [0.3, 0.4) is 0 Å². The number of benzene rings is 1. The zero-order chi connectivity index (χ0) is 11.6. The molecule has 0 fully saturated rings. The van der Waals surface area contributed by atoms with Gasteiger partial charge in [0.2, 0.25) is 0 Å². The number of hydrogen-bond acceptors (Lipinski definition) is 2. The van der Waals surface area contributed by atoms with Gasteiger partial charge in [0.05, 0.1) is 6.61 Å². The Labute approximate surface area is 90.3 Å². The maximum Gasteiger partial charge on any atom is 0.129 e. The minimum atomic E-state index is -0.565. The molecule has 1 N–H and O–H groups in total. The number of nitrogens with zero attached hydrogens (tertiary/aromatic N) is 1. The van der Waals surface area contributed by atoms with Gasteiger partial charge in [0, 0.05) is 30.8 Å². The van der Waals surface area contributed by atoms with Gasteiger partial charge in [0.25, 0.3) is 0 Å². The van der Waals surface area contributed by atoms with E-state index in [1.807, 2.05) is 38.9 Å². The first kappa shape index (κ1) is 12.0. The van der Waals surface area contributed by atoms with Gasteiger partial charge in [-0.25, -0.2) is 4.39 Å². The Kier molecular flexibility index (Phi) is 3.35. The highest BCUT2D eigenvalue weighted by molar-refractivity contribution is 5.56. The van der Waals surface area contributed by atoms with Gasteiger partial charge in [-0.05, 0) is 12.1 Å². The molecule has 0 amide bonds. The van der Waals surface area contributed by atoms with Gasteiger partial charge in [0.1, 0.15) is 5.82 Å². The lowest BCUT2D eigenvalue weighted by Crippen LogP contribution is -2.27. The van der Waals surface area contributed by atoms with E-state index in [4.69, 9.17) is 0 Å². The molecule has 0 aliphatic rings. The Morgan fingerprint density at radius 2 is 1.93 bits per heavy atom. The average molecular weight is 211 g/mol. The van der Waals surface area contributed by atoms with E-state index in [1.165, 1.54) is 6.07 Å². The molecule has 0 radical (unpaired) electrons. The van der Waals surface area contributed by atoms with Crippen molar-refractivity contribution in [1.29, 1.82) is 0 Å². The summed E-state index contributed by atoms with van der Waals surface area (Å²) in [6.07, 6.45) is 0. The highest BCUT2D eigenvalue weighted by atomic mass is 19.1. The summed E-state index contributed by atoms with van der Waals surface area (Å²) in [7, 11) is 3.73. The van der Waals surface area contributed by atoms with Crippen molar-refractivity contribution in [3.05, 3.63) is 29.6 Å². The van der Waals surface area contributed by atoms with Crippen LogP contribution in [0.1, 0.15) is 19.4 Å². The van der Waals surface area contributed by atoms with E-state index >= 15 is 0 Å². The van der Waals surface area contributed by atoms with E-state index in [9.17, 15) is 9.50 Å². The third kappa shape index (κ3) is 2.29. The molecule has 3 heteroatoms. The SMILES string of the molecule is CN(C)c1cccc(F)c1C(C)(C)CO. The quantitative estimate of drug-likeness (QED) is 0.828. The molecular formula is C12H18FNO. The number of rotatable bonds is 3. The lowest BCUT2D eigenvalue weighted by atomic mass is 9.83. The van der Waals surface area contributed by atoms with E-state index in [1.54, 1.807) is 6.07 Å². The van der Waals surface area contributed by atoms with Crippen molar-refractivity contribution in [3.8, 4) is 0 Å². The number of aliphatic hydroxyl groups excluding tert-OH is 1. The van der Waals surface area contributed by atoms with Gasteiger partial charge in [-0.2, -0.15) is 0 Å². The zero-order valence-corrected chi connectivity index (χ0v) is 9.71. The molecule has 15 heavy (non-hydrogen) atoms. The molecule has 1 aromatic rings. The van der Waals surface area contributed by atoms with Gasteiger partial charge in [-0.15, -0.1) is 0 Å². The molecule has 1 rings (SSSR count). The summed E-state index contributed by atoms with van der Waals surface area (Å²) in [5.41, 5.74) is 0.817. The number of halogens is 1. The zero-order valence-electron chi connectivity index (χ0n) is 9.71. The van der Waals surface area contributed by atoms with Crippen LogP contribution < -0.4 is 4.90 Å². The maximum atomic E-state index is 13.8. The highest BCUT2D eigenvalue weighted by Gasteiger charge is 2.27. The molecule has 0 spiro atoms. The molecule has 2 nitrogen and oxygen atoms in total. The molecule has 0 aliphatic carbocycles. The van der Waals surface area contributed by atoms with Crippen molar-refractivity contribution >= 4 is 5.69 Å². The van der Waals surface area contributed by atoms with Crippen molar-refractivity contribution in [3.63, 3.8) is 0 Å². The minimum Gasteiger partial charge on any atom is -0.395 e. The smallest absolute Gasteiger partial charge is 0.129 e. The number of aliphatic hydroxyl groups is 1. The van der Waals surface area contributed by atoms with Crippen molar-refractivity contribution in [2.45, 2.75) is 19.3 Å². The van der Waals surface area contributed by atoms with Crippen LogP contribution in [0.15, 0.2) is 18.2 Å². The molecule has 0 aromatic heterocycles. The van der Waals surface area contributed by atoms with Gasteiger partial charge >= 0.3 is 0 Å². The molecule has 1 aromatic carbocycles. The van der Waals surface area contributed by atoms with Gasteiger partial charge in [-0.1, -0.05) is 19.9 Å². The molecule has 0 bridgehead atoms. The number of anilines is 1. The van der Waals surface area contributed by atoms with Crippen LogP contribution in [-0.2, 0) is 5.41 Å². The fraction of sp³-hybridized carbons (Fsp3) is 0.500. The fourth-order valence-electron chi connectivity index (χ4n) is 1.63. The second-order valence-electron chi connectivity index (χ2n) is 4.57. The van der Waals surface area contributed by atoms with Crippen LogP contribution in [0.25, 0.3) is 0 Å². The van der Waals surface area contributed by atoms with Crippen molar-refractivity contribution in [2.75, 3.05) is 25.6 Å². The van der Waals surface area contributed by atoms with Gasteiger partial charge in [0.15, 0.2) is 0 Å². The lowest BCUT2D eigenvalue weighted by Gasteiger charge is -2.28. The van der Waals surface area contributed by atoms with E-state index < -0.39 is 5.41 Å². The minimum absolute atomic E-state index is 0.0746. The third-order valence-electron chi connectivity index (χ3n) is 2.55. The van der Waals surface area contributed by atoms with Crippen LogP contribution in [-0.4, -0.2) is 25.8 Å². The second-order valence-corrected chi connectivity index (χ2v) is 4.57. The predicted molar refractivity (Wildman–Crippen MR) is 60.8 cm³/mol. The van der Waals surface area contributed by atoms with E-state index in [-0.39, 0.29) is 12.4 Å². The first-order valence-electron chi connectivity index (χ1n) is 4.97. The summed E-state index contributed by atoms with van der Waals surface area (Å²) in [4.78, 5) is 1.86. The van der Waals surface area contributed by atoms with Crippen LogP contribution in [0.4, 0.5) is 10.1 Å². The molecule has 0 saturated heterocycles. The summed E-state index contributed by atoms with van der Waals surface area (Å²) >= 11 is 0. The van der Waals surface area contributed by atoms with Crippen LogP contribution >= 0.6 is 0 Å². The van der Waals surface area contributed by atoms with Crippen molar-refractivity contribution in [1.82, 2.24) is 0 Å². The largest absolute Gasteiger partial charge is 0.395 e. The van der Waals surface area contributed by atoms with Crippen LogP contribution in [0.2, 0.25) is 0 Å². The molecule has 84 valence electrons. The highest BCUT2D eigenvalue weighted by Crippen LogP contribution is 2.33. The topological polar surface area (TPSA) is 23.5 Å². The monoisotopic (exact) mass is 211 g/mol. The van der Waals surface area contributed by atoms with Crippen molar-refractivity contribution < 1.29 is 9.50 Å². The lowest BCUT2D eigenvalue weighted by molar-refractivity contribution is 0.215. The fourth-order valence-corrected chi connectivity index (χ4v) is 1.63. The summed E-state index contributed by atoms with van der Waals surface area (Å²) in [5, 5.41) is 9.29. The summed E-state index contributed by atoms with van der Waals surface area (Å²) in [6, 6.07) is 4.97. The summed E-state index contributed by atoms with van der Waals surface area (Å²) < 4.78 is 13.8. The molecule has 0 unspecified atom stereocenters. The van der Waals surface area contributed by atoms with E-state index in [2.05, 4.69) is 0 Å². The Hall–Kier alpha value is -1.09. The average Bonchev–Trinajstić information content (AvgIpc) is 2.17. The first-order chi connectivity index (χ1) is 6.90. The Balaban J connectivity index is 3.37. The number of hydrogen-bond donors (Lipinski definition) is 1. The molecule has 0 saturated carbocycles. The van der Waals surface area contributed by atoms with Crippen LogP contribution in [0.5, 0.6) is 0 Å². The molecule has 0 aliphatic heterocycles. The standard InChI is InChI=1S/C12H18FNO/c1-12(2,8-15)11-9(13)6-5-7-10(11)14(3)4/h5-7,15H,8H2,1-4H3. The summed E-state index contributed by atoms with van der Waals surface area (Å²) in [5.74, 6) is -0.264. The second kappa shape index (κ2) is 4.19. The van der Waals surface area contributed by atoms with Gasteiger partial charge in [-0.3, -0.25) is 0 Å². The van der Waals surface area contributed by atoms with Crippen molar-refractivity contribution in [2.24, 2.45) is 0 Å². The molecule has 0 heterocycles.